The van der Waals surface area contributed by atoms with Gasteiger partial charge in [0, 0.05) is 18.9 Å². The Kier molecular flexibility index (Phi) is 3.10. The molecule has 0 saturated heterocycles. The van der Waals surface area contributed by atoms with Crippen LogP contribution in [-0.4, -0.2) is 31.0 Å². The minimum Gasteiger partial charge on any atom is -0.353 e. The molecule has 0 aromatic carbocycles. The topological polar surface area (TPSA) is 68.5 Å². The van der Waals surface area contributed by atoms with Crippen LogP contribution in [-0.2, 0) is 0 Å². The quantitative estimate of drug-likeness (QED) is 0.929. The first-order valence-corrected chi connectivity index (χ1v) is 6.66. The summed E-state index contributed by atoms with van der Waals surface area (Å²) in [5, 5.41) is 3.43. The first-order valence-electron chi connectivity index (χ1n) is 6.28. The lowest BCUT2D eigenvalue weighted by Gasteiger charge is -2.38. The van der Waals surface area contributed by atoms with Crippen molar-refractivity contribution in [2.45, 2.75) is 26.2 Å². The van der Waals surface area contributed by atoms with Gasteiger partial charge in [-0.15, -0.1) is 0 Å². The zero-order valence-corrected chi connectivity index (χ0v) is 11.4. The van der Waals surface area contributed by atoms with Crippen molar-refractivity contribution >= 4 is 17.5 Å². The highest BCUT2D eigenvalue weighted by molar-refractivity contribution is 6.28. The highest BCUT2D eigenvalue weighted by Crippen LogP contribution is 2.39. The van der Waals surface area contributed by atoms with Gasteiger partial charge < -0.3 is 5.32 Å². The molecule has 2 aromatic rings. The lowest BCUT2D eigenvalue weighted by molar-refractivity contribution is 0.179. The molecule has 2 heterocycles. The van der Waals surface area contributed by atoms with E-state index in [1.165, 1.54) is 19.3 Å². The molecule has 100 valence electrons. The molecule has 0 aliphatic heterocycles. The van der Waals surface area contributed by atoms with Crippen molar-refractivity contribution in [3.63, 3.8) is 0 Å². The Labute approximate surface area is 116 Å². The molecule has 1 saturated carbocycles. The molecule has 0 bridgehead atoms. The van der Waals surface area contributed by atoms with Crippen molar-refractivity contribution in [1.29, 1.82) is 0 Å². The molecule has 0 radical (unpaired) electrons. The van der Waals surface area contributed by atoms with Crippen molar-refractivity contribution in [3.8, 4) is 5.95 Å². The standard InChI is InChI=1S/C12H15ClN6/c1-12(3-2-4-12)7-15-10-16-9(13)17-11(18-10)19-6-5-14-8-19/h5-6,8H,2-4,7H2,1H3,(H,15,16,17,18). The largest absolute Gasteiger partial charge is 0.353 e. The van der Waals surface area contributed by atoms with Gasteiger partial charge in [0.05, 0.1) is 0 Å². The number of hydrogen-bond acceptors (Lipinski definition) is 5. The maximum atomic E-state index is 5.93. The number of nitrogens with one attached hydrogen (secondary N) is 1. The van der Waals surface area contributed by atoms with Gasteiger partial charge in [-0.2, -0.15) is 15.0 Å². The van der Waals surface area contributed by atoms with Crippen LogP contribution in [0.3, 0.4) is 0 Å². The monoisotopic (exact) mass is 278 g/mol. The van der Waals surface area contributed by atoms with E-state index in [0.717, 1.165) is 6.54 Å². The summed E-state index contributed by atoms with van der Waals surface area (Å²) < 4.78 is 1.70. The molecular weight excluding hydrogens is 264 g/mol. The highest BCUT2D eigenvalue weighted by atomic mass is 35.5. The van der Waals surface area contributed by atoms with E-state index >= 15 is 0 Å². The van der Waals surface area contributed by atoms with Gasteiger partial charge in [0.2, 0.25) is 17.2 Å². The van der Waals surface area contributed by atoms with Crippen LogP contribution in [0.25, 0.3) is 5.95 Å². The lowest BCUT2D eigenvalue weighted by atomic mass is 9.70. The summed E-state index contributed by atoms with van der Waals surface area (Å²) in [6.07, 6.45) is 8.85. The minimum atomic E-state index is 0.181. The first-order chi connectivity index (χ1) is 9.15. The molecule has 0 unspecified atom stereocenters. The fourth-order valence-electron chi connectivity index (χ4n) is 2.16. The van der Waals surface area contributed by atoms with Gasteiger partial charge in [-0.25, -0.2) is 4.98 Å². The first kappa shape index (κ1) is 12.3. The number of anilines is 1. The van der Waals surface area contributed by atoms with Crippen LogP contribution in [0.1, 0.15) is 26.2 Å². The number of halogens is 1. The predicted molar refractivity (Wildman–Crippen MR) is 72.4 cm³/mol. The molecule has 0 spiro atoms. The van der Waals surface area contributed by atoms with Gasteiger partial charge in [0.25, 0.3) is 0 Å². The number of aromatic nitrogens is 5. The Morgan fingerprint density at radius 2 is 2.21 bits per heavy atom. The molecule has 1 fully saturated rings. The molecule has 3 rings (SSSR count). The summed E-state index contributed by atoms with van der Waals surface area (Å²) in [5.41, 5.74) is 0.355. The summed E-state index contributed by atoms with van der Waals surface area (Å²) in [6.45, 7) is 3.12. The molecule has 1 N–H and O–H groups in total. The average molecular weight is 279 g/mol. The van der Waals surface area contributed by atoms with Crippen molar-refractivity contribution in [2.75, 3.05) is 11.9 Å². The Morgan fingerprint density at radius 1 is 1.37 bits per heavy atom. The van der Waals surface area contributed by atoms with Crippen LogP contribution >= 0.6 is 11.6 Å². The van der Waals surface area contributed by atoms with Crippen LogP contribution < -0.4 is 5.32 Å². The van der Waals surface area contributed by atoms with E-state index in [4.69, 9.17) is 11.6 Å². The van der Waals surface area contributed by atoms with Crippen molar-refractivity contribution < 1.29 is 0 Å². The second kappa shape index (κ2) is 4.77. The maximum Gasteiger partial charge on any atom is 0.241 e. The Balaban J connectivity index is 1.78. The predicted octanol–water partition coefficient (Wildman–Crippen LogP) is 2.31. The van der Waals surface area contributed by atoms with Gasteiger partial charge in [-0.1, -0.05) is 13.3 Å². The van der Waals surface area contributed by atoms with E-state index in [1.807, 2.05) is 0 Å². The summed E-state index contributed by atoms with van der Waals surface area (Å²) >= 11 is 5.93. The normalized spacial score (nSPS) is 16.9. The molecule has 1 aliphatic rings. The molecule has 0 atom stereocenters. The van der Waals surface area contributed by atoms with E-state index in [-0.39, 0.29) is 5.28 Å². The smallest absolute Gasteiger partial charge is 0.241 e. The zero-order valence-electron chi connectivity index (χ0n) is 10.7. The third kappa shape index (κ3) is 2.68. The fourth-order valence-corrected chi connectivity index (χ4v) is 2.32. The van der Waals surface area contributed by atoms with Crippen molar-refractivity contribution in [2.24, 2.45) is 5.41 Å². The molecule has 2 aromatic heterocycles. The second-order valence-corrected chi connectivity index (χ2v) is 5.55. The third-order valence-electron chi connectivity index (χ3n) is 3.57. The second-order valence-electron chi connectivity index (χ2n) is 5.22. The van der Waals surface area contributed by atoms with Crippen LogP contribution in [0, 0.1) is 5.41 Å². The Morgan fingerprint density at radius 3 is 2.84 bits per heavy atom. The summed E-state index contributed by atoms with van der Waals surface area (Å²) in [4.78, 5) is 16.5. The van der Waals surface area contributed by atoms with Crippen molar-refractivity contribution in [1.82, 2.24) is 24.5 Å². The summed E-state index contributed by atoms with van der Waals surface area (Å²) in [5.74, 6) is 0.982. The molecule has 19 heavy (non-hydrogen) atoms. The highest BCUT2D eigenvalue weighted by Gasteiger charge is 2.31. The van der Waals surface area contributed by atoms with Gasteiger partial charge >= 0.3 is 0 Å². The fraction of sp³-hybridized carbons (Fsp3) is 0.500. The number of hydrogen-bond donors (Lipinski definition) is 1. The van der Waals surface area contributed by atoms with Gasteiger partial charge in [0.1, 0.15) is 6.33 Å². The van der Waals surface area contributed by atoms with Crippen LogP contribution in [0.15, 0.2) is 18.7 Å². The third-order valence-corrected chi connectivity index (χ3v) is 3.73. The number of rotatable bonds is 4. The molecule has 1 aliphatic carbocycles. The van der Waals surface area contributed by atoms with E-state index in [0.29, 0.717) is 17.3 Å². The molecule has 0 amide bonds. The molecule has 6 nitrogen and oxygen atoms in total. The van der Waals surface area contributed by atoms with Crippen molar-refractivity contribution in [3.05, 3.63) is 24.0 Å². The van der Waals surface area contributed by atoms with Crippen LogP contribution in [0.2, 0.25) is 5.28 Å². The van der Waals surface area contributed by atoms with Gasteiger partial charge in [-0.05, 0) is 29.9 Å². The number of nitrogens with zero attached hydrogens (tertiary/aromatic N) is 5. The van der Waals surface area contributed by atoms with E-state index in [2.05, 4.69) is 32.2 Å². The lowest BCUT2D eigenvalue weighted by Crippen LogP contribution is -2.33. The summed E-state index contributed by atoms with van der Waals surface area (Å²) in [7, 11) is 0. The average Bonchev–Trinajstić information content (AvgIpc) is 2.87. The van der Waals surface area contributed by atoms with Crippen LogP contribution in [0.4, 0.5) is 5.95 Å². The Hall–Kier alpha value is -1.69. The minimum absolute atomic E-state index is 0.181. The maximum absolute atomic E-state index is 5.93. The van der Waals surface area contributed by atoms with E-state index in [1.54, 1.807) is 23.3 Å². The SMILES string of the molecule is CC1(CNc2nc(Cl)nc(-n3ccnc3)n2)CCC1. The van der Waals surface area contributed by atoms with E-state index < -0.39 is 0 Å². The number of imidazole rings is 1. The van der Waals surface area contributed by atoms with Gasteiger partial charge in [0.15, 0.2) is 0 Å². The molecule has 7 heteroatoms. The molecular formula is C12H15ClN6. The summed E-state index contributed by atoms with van der Waals surface area (Å²) in [6, 6.07) is 0. The zero-order chi connectivity index (χ0) is 13.3. The van der Waals surface area contributed by atoms with Crippen LogP contribution in [0.5, 0.6) is 0 Å². The Bertz CT molecular complexity index is 564. The van der Waals surface area contributed by atoms with Gasteiger partial charge in [-0.3, -0.25) is 4.57 Å². The van der Waals surface area contributed by atoms with E-state index in [9.17, 15) is 0 Å².